The van der Waals surface area contributed by atoms with Gasteiger partial charge in [-0.25, -0.2) is 4.79 Å². The molecule has 0 unspecified atom stereocenters. The summed E-state index contributed by atoms with van der Waals surface area (Å²) in [5, 5.41) is 8.75. The lowest BCUT2D eigenvalue weighted by Gasteiger charge is -2.30. The van der Waals surface area contributed by atoms with Crippen LogP contribution in [0.15, 0.2) is 46.9 Å². The van der Waals surface area contributed by atoms with Crippen molar-refractivity contribution in [1.82, 2.24) is 10.2 Å². The molecule has 0 aromatic heterocycles. The predicted molar refractivity (Wildman–Crippen MR) is 139 cm³/mol. The van der Waals surface area contributed by atoms with Crippen LogP contribution in [-0.4, -0.2) is 56.1 Å². The molecule has 1 aliphatic heterocycles. The summed E-state index contributed by atoms with van der Waals surface area (Å²) < 4.78 is 0.800. The maximum Gasteiger partial charge on any atom is 0.323 e. The first-order chi connectivity index (χ1) is 16.0. The van der Waals surface area contributed by atoms with Gasteiger partial charge < -0.3 is 25.8 Å². The second-order valence-corrected chi connectivity index (χ2v) is 8.98. The van der Waals surface area contributed by atoms with Crippen molar-refractivity contribution in [1.29, 1.82) is 0 Å². The van der Waals surface area contributed by atoms with Crippen molar-refractivity contribution in [3.8, 4) is 0 Å². The fourth-order valence-corrected chi connectivity index (χ4v) is 4.40. The number of carbonyl (C=O) groups is 2. The molecule has 178 valence electrons. The highest BCUT2D eigenvalue weighted by Gasteiger charge is 2.20. The lowest BCUT2D eigenvalue weighted by atomic mass is 10.1. The molecule has 0 aliphatic carbocycles. The number of nitrogens with zero attached hydrogens (tertiary/aromatic N) is 2. The van der Waals surface area contributed by atoms with Crippen molar-refractivity contribution in [2.45, 2.75) is 33.1 Å². The zero-order chi connectivity index (χ0) is 23.6. The van der Waals surface area contributed by atoms with Crippen LogP contribution in [0.4, 0.5) is 21.9 Å². The maximum atomic E-state index is 13.1. The first-order valence-electron chi connectivity index (χ1n) is 11.7. The number of halogens is 1. The van der Waals surface area contributed by atoms with E-state index in [0.29, 0.717) is 23.5 Å². The largest absolute Gasteiger partial charge is 0.371 e. The molecule has 2 aromatic carbocycles. The highest BCUT2D eigenvalue weighted by Crippen LogP contribution is 2.28. The van der Waals surface area contributed by atoms with Crippen LogP contribution in [0.3, 0.4) is 0 Å². The van der Waals surface area contributed by atoms with Gasteiger partial charge in [0.1, 0.15) is 0 Å². The molecule has 1 fully saturated rings. The summed E-state index contributed by atoms with van der Waals surface area (Å²) in [5.41, 5.74) is 2.77. The summed E-state index contributed by atoms with van der Waals surface area (Å²) in [6.07, 6.45) is 3.46. The van der Waals surface area contributed by atoms with Gasteiger partial charge >= 0.3 is 6.03 Å². The summed E-state index contributed by atoms with van der Waals surface area (Å²) in [6, 6.07) is 12.6. The van der Waals surface area contributed by atoms with Crippen LogP contribution < -0.4 is 20.9 Å². The molecular weight excluding hydrogens is 482 g/mol. The van der Waals surface area contributed by atoms with Crippen LogP contribution >= 0.6 is 15.9 Å². The number of nitrogens with one attached hydrogen (secondary N) is 3. The summed E-state index contributed by atoms with van der Waals surface area (Å²) in [4.78, 5) is 30.2. The van der Waals surface area contributed by atoms with Crippen molar-refractivity contribution in [3.63, 3.8) is 0 Å². The molecule has 3 rings (SSSR count). The summed E-state index contributed by atoms with van der Waals surface area (Å²) in [5.74, 6) is -0.113. The number of piperidine rings is 1. The van der Waals surface area contributed by atoms with Gasteiger partial charge in [-0.2, -0.15) is 0 Å². The number of urea groups is 1. The Morgan fingerprint density at radius 3 is 2.42 bits per heavy atom. The second-order valence-electron chi connectivity index (χ2n) is 8.12. The minimum atomic E-state index is -0.361. The van der Waals surface area contributed by atoms with Gasteiger partial charge in [0.05, 0.1) is 11.3 Å². The topological polar surface area (TPSA) is 76.7 Å². The Morgan fingerprint density at radius 2 is 1.73 bits per heavy atom. The van der Waals surface area contributed by atoms with Gasteiger partial charge in [-0.1, -0.05) is 26.0 Å². The fraction of sp³-hybridized carbons (Fsp3) is 0.440. The van der Waals surface area contributed by atoms with E-state index >= 15 is 0 Å². The molecule has 0 atom stereocenters. The first-order valence-corrected chi connectivity index (χ1v) is 12.5. The molecule has 0 saturated carbocycles. The first kappa shape index (κ1) is 25.1. The molecule has 3 amide bonds. The molecule has 1 aliphatic rings. The second kappa shape index (κ2) is 12.6. The zero-order valence-corrected chi connectivity index (χ0v) is 21.1. The smallest absolute Gasteiger partial charge is 0.323 e. The van der Waals surface area contributed by atoms with E-state index in [2.05, 4.69) is 55.5 Å². The Morgan fingerprint density at radius 1 is 1.00 bits per heavy atom. The van der Waals surface area contributed by atoms with E-state index in [0.717, 1.165) is 55.7 Å². The Bertz CT molecular complexity index is 942. The van der Waals surface area contributed by atoms with E-state index < -0.39 is 0 Å². The highest BCUT2D eigenvalue weighted by atomic mass is 79.9. The van der Waals surface area contributed by atoms with E-state index in [-0.39, 0.29) is 11.9 Å². The van der Waals surface area contributed by atoms with Gasteiger partial charge in [-0.3, -0.25) is 4.79 Å². The SMILES string of the molecule is CCN(CC)CCNC(=O)c1cc(NC(=O)Nc2ccccc2Br)ccc1N1CCCCC1. The van der Waals surface area contributed by atoms with Crippen LogP contribution in [0.5, 0.6) is 0 Å². The van der Waals surface area contributed by atoms with Crippen molar-refractivity contribution in [2.24, 2.45) is 0 Å². The molecule has 33 heavy (non-hydrogen) atoms. The summed E-state index contributed by atoms with van der Waals surface area (Å²) in [7, 11) is 0. The molecule has 7 nitrogen and oxygen atoms in total. The van der Waals surface area contributed by atoms with Crippen molar-refractivity contribution in [3.05, 3.63) is 52.5 Å². The Labute approximate surface area is 205 Å². The van der Waals surface area contributed by atoms with Gasteiger partial charge in [0, 0.05) is 42.0 Å². The fourth-order valence-electron chi connectivity index (χ4n) is 4.02. The van der Waals surface area contributed by atoms with Gasteiger partial charge in [-0.05, 0) is 78.6 Å². The van der Waals surface area contributed by atoms with Crippen LogP contribution in [0, 0.1) is 0 Å². The predicted octanol–water partition coefficient (Wildman–Crippen LogP) is 5.16. The number of rotatable bonds is 9. The number of para-hydroxylation sites is 1. The van der Waals surface area contributed by atoms with E-state index in [1.54, 1.807) is 6.07 Å². The highest BCUT2D eigenvalue weighted by molar-refractivity contribution is 9.10. The third-order valence-corrected chi connectivity index (χ3v) is 6.62. The average molecular weight is 516 g/mol. The summed E-state index contributed by atoms with van der Waals surface area (Å²) in [6.45, 7) is 9.42. The average Bonchev–Trinajstić information content (AvgIpc) is 2.83. The third-order valence-electron chi connectivity index (χ3n) is 5.93. The lowest BCUT2D eigenvalue weighted by Crippen LogP contribution is -2.36. The lowest BCUT2D eigenvalue weighted by molar-refractivity contribution is 0.0949. The van der Waals surface area contributed by atoms with Crippen molar-refractivity contribution >= 4 is 44.9 Å². The van der Waals surface area contributed by atoms with Crippen LogP contribution in [0.25, 0.3) is 0 Å². The number of amides is 3. The van der Waals surface area contributed by atoms with Crippen LogP contribution in [0.2, 0.25) is 0 Å². The van der Waals surface area contributed by atoms with Gasteiger partial charge in [-0.15, -0.1) is 0 Å². The molecule has 2 aromatic rings. The minimum absolute atomic E-state index is 0.113. The molecule has 1 saturated heterocycles. The number of likely N-dealkylation sites (N-methyl/N-ethyl adjacent to an activating group) is 1. The van der Waals surface area contributed by atoms with E-state index in [4.69, 9.17) is 0 Å². The standard InChI is InChI=1S/C25H34BrN5O2/c1-3-30(4-2)17-14-27-24(32)20-18-19(12-13-23(20)31-15-8-5-9-16-31)28-25(33)29-22-11-7-6-10-21(22)26/h6-7,10-13,18H,3-5,8-9,14-17H2,1-2H3,(H,27,32)(H2,28,29,33). The normalized spacial score (nSPS) is 13.6. The molecule has 3 N–H and O–H groups in total. The number of anilines is 3. The monoisotopic (exact) mass is 515 g/mol. The molecular formula is C25H34BrN5O2. The van der Waals surface area contributed by atoms with Gasteiger partial charge in [0.25, 0.3) is 5.91 Å². The van der Waals surface area contributed by atoms with Gasteiger partial charge in [0.2, 0.25) is 0 Å². The number of hydrogen-bond acceptors (Lipinski definition) is 4. The molecule has 0 radical (unpaired) electrons. The third kappa shape index (κ3) is 7.20. The number of benzene rings is 2. The Kier molecular flexibility index (Phi) is 9.57. The maximum absolute atomic E-state index is 13.1. The molecule has 8 heteroatoms. The van der Waals surface area contributed by atoms with E-state index in [9.17, 15) is 9.59 Å². The molecule has 0 spiro atoms. The Balaban J connectivity index is 1.74. The molecule has 1 heterocycles. The zero-order valence-electron chi connectivity index (χ0n) is 19.5. The van der Waals surface area contributed by atoms with Gasteiger partial charge in [0.15, 0.2) is 0 Å². The van der Waals surface area contributed by atoms with E-state index in [1.807, 2.05) is 36.4 Å². The van der Waals surface area contributed by atoms with Crippen molar-refractivity contribution in [2.75, 3.05) is 54.8 Å². The minimum Gasteiger partial charge on any atom is -0.371 e. The molecule has 0 bridgehead atoms. The Hall–Kier alpha value is -2.58. The van der Waals surface area contributed by atoms with Crippen LogP contribution in [0.1, 0.15) is 43.5 Å². The quantitative estimate of drug-likeness (QED) is 0.431. The van der Waals surface area contributed by atoms with Crippen LogP contribution in [-0.2, 0) is 0 Å². The van der Waals surface area contributed by atoms with E-state index in [1.165, 1.54) is 6.42 Å². The number of carbonyl (C=O) groups excluding carboxylic acids is 2. The number of hydrogen-bond donors (Lipinski definition) is 3. The summed E-state index contributed by atoms with van der Waals surface area (Å²) >= 11 is 3.43. The van der Waals surface area contributed by atoms with Crippen molar-refractivity contribution < 1.29 is 9.59 Å².